The summed E-state index contributed by atoms with van der Waals surface area (Å²) in [4.78, 5) is 13.7. The number of benzene rings is 2. The minimum Gasteiger partial charge on any atom is -0.591 e. The monoisotopic (exact) mass is 524 g/mol. The molecule has 0 N–H and O–H groups in total. The molecular weight excluding hydrogens is 495 g/mol. The molecule has 0 radical (unpaired) electrons. The number of methoxy groups -OCH3 is 1. The standard InChI is InChI=1S/C25H30Cl2N2O4S/c1-16(30)29-11-10-18(14-29)24(28-34(31)25(2,3)4)20-12-21(26)22(27)13-23(20)33-15-17-6-8-19(32-5)9-7-17/h6-9,12-13,18H,10-11,14-15H2,1-5H3/b28-24+. The summed E-state index contributed by atoms with van der Waals surface area (Å²) in [6.07, 6.45) is 0.706. The van der Waals surface area contributed by atoms with Gasteiger partial charge in [0.25, 0.3) is 0 Å². The summed E-state index contributed by atoms with van der Waals surface area (Å²) in [5, 5.41) is 0.701. The first-order chi connectivity index (χ1) is 16.0. The van der Waals surface area contributed by atoms with Crippen LogP contribution in [-0.2, 0) is 22.8 Å². The number of likely N-dealkylation sites (tertiary alicyclic amines) is 1. The van der Waals surface area contributed by atoms with E-state index in [1.165, 1.54) is 0 Å². The van der Waals surface area contributed by atoms with E-state index in [0.29, 0.717) is 46.6 Å². The fourth-order valence-electron chi connectivity index (χ4n) is 3.57. The van der Waals surface area contributed by atoms with Gasteiger partial charge in [-0.15, -0.1) is 0 Å². The molecule has 0 aromatic heterocycles. The third-order valence-corrected chi connectivity index (χ3v) is 7.71. The lowest BCUT2D eigenvalue weighted by Crippen LogP contribution is -2.31. The predicted molar refractivity (Wildman–Crippen MR) is 139 cm³/mol. The van der Waals surface area contributed by atoms with Crippen molar-refractivity contribution in [3.05, 3.63) is 57.6 Å². The number of carbonyl (C=O) groups is 1. The average Bonchev–Trinajstić information content (AvgIpc) is 3.28. The molecular formula is C25H30Cl2N2O4S. The second-order valence-electron chi connectivity index (χ2n) is 9.19. The number of amides is 1. The quantitative estimate of drug-likeness (QED) is 0.343. The highest BCUT2D eigenvalue weighted by Gasteiger charge is 2.35. The van der Waals surface area contributed by atoms with Crippen molar-refractivity contribution in [2.24, 2.45) is 10.3 Å². The lowest BCUT2D eigenvalue weighted by molar-refractivity contribution is -0.127. The number of rotatable bonds is 7. The Balaban J connectivity index is 2.00. The van der Waals surface area contributed by atoms with Crippen LogP contribution in [0.4, 0.5) is 0 Å². The summed E-state index contributed by atoms with van der Waals surface area (Å²) in [5.41, 5.74) is 2.19. The molecule has 1 heterocycles. The van der Waals surface area contributed by atoms with Crippen molar-refractivity contribution in [3.63, 3.8) is 0 Å². The smallest absolute Gasteiger partial charge is 0.219 e. The Bertz CT molecular complexity index is 1050. The van der Waals surface area contributed by atoms with Gasteiger partial charge in [0.2, 0.25) is 5.91 Å². The van der Waals surface area contributed by atoms with Crippen LogP contribution < -0.4 is 9.47 Å². The van der Waals surface area contributed by atoms with E-state index in [-0.39, 0.29) is 18.4 Å². The molecule has 3 rings (SSSR count). The summed E-state index contributed by atoms with van der Waals surface area (Å²) < 4.78 is 28.5. The number of hydrogen-bond donors (Lipinski definition) is 0. The molecule has 2 atom stereocenters. The minimum absolute atomic E-state index is 0.00362. The van der Waals surface area contributed by atoms with Crippen LogP contribution in [0.5, 0.6) is 11.5 Å². The zero-order valence-corrected chi connectivity index (χ0v) is 22.4. The summed E-state index contributed by atoms with van der Waals surface area (Å²) in [6.45, 7) is 8.56. The van der Waals surface area contributed by atoms with Crippen molar-refractivity contribution in [2.45, 2.75) is 45.5 Å². The average molecular weight is 525 g/mol. The summed E-state index contributed by atoms with van der Waals surface area (Å²) in [5.74, 6) is 1.16. The molecule has 0 saturated carbocycles. The second-order valence-corrected chi connectivity index (χ2v) is 11.9. The largest absolute Gasteiger partial charge is 0.591 e. The molecule has 1 saturated heterocycles. The van der Waals surface area contributed by atoms with Crippen LogP contribution in [0, 0.1) is 5.92 Å². The summed E-state index contributed by atoms with van der Waals surface area (Å²) in [6, 6.07) is 10.9. The normalized spacial score (nSPS) is 17.6. The molecule has 2 aromatic rings. The highest BCUT2D eigenvalue weighted by molar-refractivity contribution is 7.91. The zero-order valence-electron chi connectivity index (χ0n) is 20.1. The SMILES string of the molecule is COc1ccc(COc2cc(Cl)c(Cl)cc2/C(=N/[S+]([O-])C(C)(C)C)C2CCN(C(C)=O)C2)cc1. The van der Waals surface area contributed by atoms with Gasteiger partial charge in [-0.3, -0.25) is 4.79 Å². The van der Waals surface area contributed by atoms with Gasteiger partial charge in [-0.05, 0) is 51.0 Å². The number of nitrogens with zero attached hydrogens (tertiary/aromatic N) is 2. The second kappa shape index (κ2) is 11.2. The van der Waals surface area contributed by atoms with Crippen LogP contribution in [0.25, 0.3) is 0 Å². The van der Waals surface area contributed by atoms with Crippen molar-refractivity contribution in [1.82, 2.24) is 4.90 Å². The van der Waals surface area contributed by atoms with Crippen LogP contribution in [0.2, 0.25) is 10.0 Å². The van der Waals surface area contributed by atoms with Gasteiger partial charge in [0.15, 0.2) is 0 Å². The van der Waals surface area contributed by atoms with Gasteiger partial charge in [0.1, 0.15) is 39.9 Å². The molecule has 1 fully saturated rings. The minimum atomic E-state index is -1.51. The van der Waals surface area contributed by atoms with Crippen LogP contribution in [-0.4, -0.2) is 46.0 Å². The first-order valence-corrected chi connectivity index (χ1v) is 12.9. The van der Waals surface area contributed by atoms with Crippen molar-refractivity contribution in [2.75, 3.05) is 20.2 Å². The van der Waals surface area contributed by atoms with Crippen molar-refractivity contribution >= 4 is 46.2 Å². The molecule has 1 aliphatic rings. The Morgan fingerprint density at radius 1 is 1.21 bits per heavy atom. The topological polar surface area (TPSA) is 74.2 Å². The Kier molecular flexibility index (Phi) is 8.79. The van der Waals surface area contributed by atoms with E-state index in [1.807, 2.05) is 45.0 Å². The third kappa shape index (κ3) is 6.60. The fourth-order valence-corrected chi connectivity index (χ4v) is 4.59. The van der Waals surface area contributed by atoms with Gasteiger partial charge >= 0.3 is 0 Å². The molecule has 0 bridgehead atoms. The molecule has 0 spiro atoms. The van der Waals surface area contributed by atoms with Crippen molar-refractivity contribution in [3.8, 4) is 11.5 Å². The summed E-state index contributed by atoms with van der Waals surface area (Å²) >= 11 is 11.2. The van der Waals surface area contributed by atoms with Crippen LogP contribution in [0.3, 0.4) is 0 Å². The molecule has 2 unspecified atom stereocenters. The lowest BCUT2D eigenvalue weighted by atomic mass is 9.95. The maximum Gasteiger partial charge on any atom is 0.219 e. The lowest BCUT2D eigenvalue weighted by Gasteiger charge is -2.23. The zero-order chi connectivity index (χ0) is 25.0. The first-order valence-electron chi connectivity index (χ1n) is 11.0. The maximum atomic E-state index is 13.1. The van der Waals surface area contributed by atoms with E-state index in [0.717, 1.165) is 11.3 Å². The molecule has 2 aromatic carbocycles. The summed E-state index contributed by atoms with van der Waals surface area (Å²) in [7, 11) is 1.62. The molecule has 1 aliphatic heterocycles. The molecule has 184 valence electrons. The van der Waals surface area contributed by atoms with Gasteiger partial charge in [0, 0.05) is 37.6 Å². The third-order valence-electron chi connectivity index (χ3n) is 5.58. The van der Waals surface area contributed by atoms with E-state index in [1.54, 1.807) is 31.1 Å². The van der Waals surface area contributed by atoms with Gasteiger partial charge < -0.3 is 18.9 Å². The highest BCUT2D eigenvalue weighted by Crippen LogP contribution is 2.36. The van der Waals surface area contributed by atoms with E-state index in [4.69, 9.17) is 32.7 Å². The Morgan fingerprint density at radius 2 is 1.85 bits per heavy atom. The van der Waals surface area contributed by atoms with E-state index in [9.17, 15) is 9.35 Å². The predicted octanol–water partition coefficient (Wildman–Crippen LogP) is 5.70. The molecule has 1 amide bonds. The van der Waals surface area contributed by atoms with Gasteiger partial charge in [-0.1, -0.05) is 39.7 Å². The number of hydrogen-bond acceptors (Lipinski definition) is 5. The molecule has 9 heteroatoms. The van der Waals surface area contributed by atoms with E-state index in [2.05, 4.69) is 4.40 Å². The van der Waals surface area contributed by atoms with E-state index >= 15 is 0 Å². The van der Waals surface area contributed by atoms with Crippen LogP contribution >= 0.6 is 23.2 Å². The number of halogens is 2. The number of ether oxygens (including phenoxy) is 2. The molecule has 34 heavy (non-hydrogen) atoms. The molecule has 0 aliphatic carbocycles. The van der Waals surface area contributed by atoms with Crippen molar-refractivity contribution in [1.29, 1.82) is 0 Å². The van der Waals surface area contributed by atoms with E-state index < -0.39 is 16.1 Å². The first kappa shape index (κ1) is 26.7. The Labute approximate surface area is 214 Å². The Morgan fingerprint density at radius 3 is 2.41 bits per heavy atom. The highest BCUT2D eigenvalue weighted by atomic mass is 35.5. The fraction of sp³-hybridized carbons (Fsp3) is 0.440. The van der Waals surface area contributed by atoms with Gasteiger partial charge in [-0.2, -0.15) is 0 Å². The maximum absolute atomic E-state index is 13.1. The van der Waals surface area contributed by atoms with Crippen LogP contribution in [0.1, 0.15) is 45.2 Å². The molecule has 6 nitrogen and oxygen atoms in total. The van der Waals surface area contributed by atoms with Gasteiger partial charge in [-0.25, -0.2) is 0 Å². The van der Waals surface area contributed by atoms with Crippen molar-refractivity contribution < 1.29 is 18.8 Å². The Hall–Kier alpha value is -1.93. The van der Waals surface area contributed by atoms with Gasteiger partial charge in [0.05, 0.1) is 17.2 Å². The van der Waals surface area contributed by atoms with Crippen LogP contribution in [0.15, 0.2) is 40.8 Å². The number of carbonyl (C=O) groups excluding carboxylic acids is 1.